The number of pyridine rings is 1. The van der Waals surface area contributed by atoms with E-state index in [4.69, 9.17) is 15.2 Å². The first-order valence-corrected chi connectivity index (χ1v) is 8.47. The summed E-state index contributed by atoms with van der Waals surface area (Å²) in [5, 5.41) is 2.87. The van der Waals surface area contributed by atoms with Crippen molar-refractivity contribution in [1.82, 2.24) is 4.98 Å². The number of carbonyl (C=O) groups excluding carboxylic acids is 1. The molecule has 8 heteroatoms. The van der Waals surface area contributed by atoms with E-state index in [0.29, 0.717) is 23.7 Å². The summed E-state index contributed by atoms with van der Waals surface area (Å²) in [5.74, 6) is 2.15. The molecule has 1 amide bonds. The van der Waals surface area contributed by atoms with Crippen molar-refractivity contribution in [2.45, 2.75) is 31.7 Å². The number of aromatic nitrogens is 1. The summed E-state index contributed by atoms with van der Waals surface area (Å²) in [6.45, 7) is 0. The molecule has 2 atom stereocenters. The highest BCUT2D eigenvalue weighted by Gasteiger charge is 2.26. The first kappa shape index (κ1) is 23.0. The fourth-order valence-electron chi connectivity index (χ4n) is 3.05. The predicted molar refractivity (Wildman–Crippen MR) is 110 cm³/mol. The lowest BCUT2D eigenvalue weighted by Crippen LogP contribution is -2.28. The largest absolute Gasteiger partial charge is 0.497 e. The lowest BCUT2D eigenvalue weighted by Gasteiger charge is -2.14. The first-order chi connectivity index (χ1) is 12.1. The van der Waals surface area contributed by atoms with Crippen molar-refractivity contribution in [2.75, 3.05) is 12.4 Å². The van der Waals surface area contributed by atoms with Gasteiger partial charge >= 0.3 is 0 Å². The Morgan fingerprint density at radius 1 is 1.15 bits per heavy atom. The van der Waals surface area contributed by atoms with Crippen LogP contribution in [0.1, 0.15) is 25.7 Å². The third-order valence-electron chi connectivity index (χ3n) is 4.47. The zero-order valence-corrected chi connectivity index (χ0v) is 16.7. The topological polar surface area (TPSA) is 86.5 Å². The Hall–Kier alpha value is -2.02. The van der Waals surface area contributed by atoms with E-state index in [1.54, 1.807) is 37.6 Å². The van der Waals surface area contributed by atoms with Crippen LogP contribution in [-0.4, -0.2) is 24.0 Å². The molecular weight excluding hydrogens is 389 g/mol. The quantitative estimate of drug-likeness (QED) is 0.741. The number of anilines is 1. The maximum absolute atomic E-state index is 12.1. The molecule has 0 radical (unpaired) electrons. The number of benzene rings is 1. The minimum Gasteiger partial charge on any atom is -0.497 e. The number of rotatable bonds is 6. The number of ether oxygens (including phenoxy) is 2. The number of methoxy groups -OCH3 is 1. The van der Waals surface area contributed by atoms with Crippen molar-refractivity contribution in [2.24, 2.45) is 11.7 Å². The highest BCUT2D eigenvalue weighted by molar-refractivity contribution is 5.90. The summed E-state index contributed by atoms with van der Waals surface area (Å²) in [6.07, 6.45) is 5.20. The molecule has 3 rings (SSSR count). The van der Waals surface area contributed by atoms with Crippen molar-refractivity contribution >= 4 is 36.4 Å². The van der Waals surface area contributed by atoms with E-state index in [2.05, 4.69) is 10.3 Å². The van der Waals surface area contributed by atoms with Gasteiger partial charge in [0.25, 0.3) is 0 Å². The van der Waals surface area contributed by atoms with Gasteiger partial charge in [-0.15, -0.1) is 24.8 Å². The van der Waals surface area contributed by atoms with Crippen LogP contribution in [0.3, 0.4) is 0 Å². The van der Waals surface area contributed by atoms with Crippen LogP contribution in [-0.2, 0) is 4.79 Å². The number of halogens is 2. The molecular formula is C19H25Cl2N3O3. The van der Waals surface area contributed by atoms with Gasteiger partial charge in [0.05, 0.1) is 19.0 Å². The molecule has 148 valence electrons. The van der Waals surface area contributed by atoms with Crippen molar-refractivity contribution < 1.29 is 14.3 Å². The first-order valence-electron chi connectivity index (χ1n) is 8.47. The second-order valence-electron chi connectivity index (χ2n) is 6.27. The second kappa shape index (κ2) is 11.0. The number of nitrogens with two attached hydrogens (primary N) is 1. The molecule has 27 heavy (non-hydrogen) atoms. The van der Waals surface area contributed by atoms with Gasteiger partial charge in [-0.2, -0.15) is 0 Å². The van der Waals surface area contributed by atoms with E-state index in [1.807, 2.05) is 12.1 Å². The van der Waals surface area contributed by atoms with E-state index in [1.165, 1.54) is 0 Å². The van der Waals surface area contributed by atoms with Gasteiger partial charge in [0.15, 0.2) is 0 Å². The van der Waals surface area contributed by atoms with E-state index in [0.717, 1.165) is 25.0 Å². The van der Waals surface area contributed by atoms with Gasteiger partial charge in [0.2, 0.25) is 11.8 Å². The third-order valence-corrected chi connectivity index (χ3v) is 4.47. The van der Waals surface area contributed by atoms with Crippen LogP contribution in [0.4, 0.5) is 5.69 Å². The lowest BCUT2D eigenvalue weighted by atomic mass is 10.00. The molecule has 0 aliphatic heterocycles. The molecule has 1 aliphatic rings. The van der Waals surface area contributed by atoms with Gasteiger partial charge < -0.3 is 20.5 Å². The SMILES string of the molecule is COc1ccc(Oc2ccc(NC(=O)C[C@@H]3CCC[C@H]3N)cn2)cc1.Cl.Cl. The molecule has 0 saturated heterocycles. The number of hydrogen-bond donors (Lipinski definition) is 2. The Bertz CT molecular complexity index is 711. The lowest BCUT2D eigenvalue weighted by molar-refractivity contribution is -0.117. The fourth-order valence-corrected chi connectivity index (χ4v) is 3.05. The molecule has 2 aromatic rings. The van der Waals surface area contributed by atoms with Crippen LogP contribution in [0.15, 0.2) is 42.6 Å². The smallest absolute Gasteiger partial charge is 0.224 e. The van der Waals surface area contributed by atoms with Crippen molar-refractivity contribution in [3.63, 3.8) is 0 Å². The van der Waals surface area contributed by atoms with Gasteiger partial charge in [-0.3, -0.25) is 4.79 Å². The van der Waals surface area contributed by atoms with Gasteiger partial charge in [-0.1, -0.05) is 6.42 Å². The summed E-state index contributed by atoms with van der Waals surface area (Å²) in [7, 11) is 1.62. The number of hydrogen-bond acceptors (Lipinski definition) is 5. The average Bonchev–Trinajstić information content (AvgIpc) is 3.02. The van der Waals surface area contributed by atoms with Gasteiger partial charge in [0.1, 0.15) is 11.5 Å². The molecule has 1 aromatic heterocycles. The van der Waals surface area contributed by atoms with E-state index >= 15 is 0 Å². The minimum absolute atomic E-state index is 0. The Morgan fingerprint density at radius 2 is 1.85 bits per heavy atom. The van der Waals surface area contributed by atoms with Gasteiger partial charge in [-0.25, -0.2) is 4.98 Å². The third kappa shape index (κ3) is 6.57. The molecule has 0 spiro atoms. The molecule has 1 heterocycles. The van der Waals surface area contributed by atoms with Crippen molar-refractivity contribution in [3.05, 3.63) is 42.6 Å². The monoisotopic (exact) mass is 413 g/mol. The Balaban J connectivity index is 0.00000182. The summed E-state index contributed by atoms with van der Waals surface area (Å²) in [4.78, 5) is 16.3. The molecule has 3 N–H and O–H groups in total. The van der Waals surface area contributed by atoms with Crippen LogP contribution in [0.2, 0.25) is 0 Å². The zero-order chi connectivity index (χ0) is 17.6. The van der Waals surface area contributed by atoms with Crippen LogP contribution >= 0.6 is 24.8 Å². The van der Waals surface area contributed by atoms with Gasteiger partial charge in [-0.05, 0) is 49.1 Å². The fraction of sp³-hybridized carbons (Fsp3) is 0.368. The van der Waals surface area contributed by atoms with E-state index < -0.39 is 0 Å². The van der Waals surface area contributed by atoms with Gasteiger partial charge in [0, 0.05) is 18.5 Å². The predicted octanol–water partition coefficient (Wildman–Crippen LogP) is 4.18. The normalized spacial score (nSPS) is 18.0. The van der Waals surface area contributed by atoms with Crippen LogP contribution in [0.5, 0.6) is 17.4 Å². The summed E-state index contributed by atoms with van der Waals surface area (Å²) >= 11 is 0. The van der Waals surface area contributed by atoms with Crippen molar-refractivity contribution in [3.8, 4) is 17.4 Å². The molecule has 1 aromatic carbocycles. The molecule has 1 saturated carbocycles. The molecule has 0 bridgehead atoms. The van der Waals surface area contributed by atoms with Crippen LogP contribution in [0, 0.1) is 5.92 Å². The Morgan fingerprint density at radius 3 is 2.41 bits per heavy atom. The number of nitrogens with zero attached hydrogens (tertiary/aromatic N) is 1. The van der Waals surface area contributed by atoms with Crippen molar-refractivity contribution in [1.29, 1.82) is 0 Å². The molecule has 0 unspecified atom stereocenters. The molecule has 6 nitrogen and oxygen atoms in total. The Labute approximate surface area is 171 Å². The maximum atomic E-state index is 12.1. The summed E-state index contributed by atoms with van der Waals surface area (Å²) in [5.41, 5.74) is 6.67. The molecule has 1 fully saturated rings. The summed E-state index contributed by atoms with van der Waals surface area (Å²) in [6, 6.07) is 10.9. The average molecular weight is 414 g/mol. The highest BCUT2D eigenvalue weighted by Crippen LogP contribution is 2.27. The van der Waals surface area contributed by atoms with Crippen LogP contribution < -0.4 is 20.5 Å². The maximum Gasteiger partial charge on any atom is 0.224 e. The number of amides is 1. The van der Waals surface area contributed by atoms with E-state index in [9.17, 15) is 4.79 Å². The Kier molecular flexibility index (Phi) is 9.35. The highest BCUT2D eigenvalue weighted by atomic mass is 35.5. The molecule has 1 aliphatic carbocycles. The minimum atomic E-state index is -0.0204. The number of carbonyl (C=O) groups is 1. The van der Waals surface area contributed by atoms with Crippen LogP contribution in [0.25, 0.3) is 0 Å². The standard InChI is InChI=1S/C19H23N3O3.2ClH/c1-24-15-6-8-16(9-7-15)25-19-10-5-14(12-21-19)22-18(23)11-13-3-2-4-17(13)20;;/h5-10,12-13,17H,2-4,11,20H2,1H3,(H,22,23);2*1H/t13-,17+;;/m0../s1. The summed E-state index contributed by atoms with van der Waals surface area (Å²) < 4.78 is 10.8. The number of nitrogens with one attached hydrogen (secondary N) is 1. The zero-order valence-electron chi connectivity index (χ0n) is 15.1. The van der Waals surface area contributed by atoms with E-state index in [-0.39, 0.29) is 42.7 Å². The second-order valence-corrected chi connectivity index (χ2v) is 6.27.